The summed E-state index contributed by atoms with van der Waals surface area (Å²) in [6.07, 6.45) is 2.06. The summed E-state index contributed by atoms with van der Waals surface area (Å²) in [5, 5.41) is 0. The molecule has 1 saturated heterocycles. The molecule has 0 N–H and O–H groups in total. The first kappa shape index (κ1) is 17.9. The van der Waals surface area contributed by atoms with Gasteiger partial charge in [0.2, 0.25) is 5.95 Å². The topological polar surface area (TPSA) is 45.2 Å². The minimum Gasteiger partial charge on any atom is -0.370 e. The predicted molar refractivity (Wildman–Crippen MR) is 92.6 cm³/mol. The van der Waals surface area contributed by atoms with Crippen LogP contribution in [0.3, 0.4) is 0 Å². The highest BCUT2D eigenvalue weighted by molar-refractivity contribution is 9.10. The molecular formula is C16H17BrF3N5. The normalized spacial score (nSPS) is 16.1. The zero-order valence-electron chi connectivity index (χ0n) is 13.5. The zero-order valence-corrected chi connectivity index (χ0v) is 15.1. The molecule has 3 rings (SSSR count). The van der Waals surface area contributed by atoms with Crippen LogP contribution in [0, 0.1) is 0 Å². The number of halogens is 4. The number of rotatable bonds is 3. The van der Waals surface area contributed by atoms with Gasteiger partial charge in [-0.2, -0.15) is 13.2 Å². The predicted octanol–water partition coefficient (Wildman–Crippen LogP) is 3.76. The molecular weight excluding hydrogens is 399 g/mol. The average molecular weight is 416 g/mol. The number of aromatic nitrogens is 3. The van der Waals surface area contributed by atoms with Crippen molar-refractivity contribution in [3.63, 3.8) is 0 Å². The molecule has 0 atom stereocenters. The van der Waals surface area contributed by atoms with Gasteiger partial charge in [0.1, 0.15) is 5.69 Å². The van der Waals surface area contributed by atoms with E-state index in [1.54, 1.807) is 12.4 Å². The molecule has 0 bridgehead atoms. The molecule has 1 aliphatic heterocycles. The maximum atomic E-state index is 12.6. The second-order valence-electron chi connectivity index (χ2n) is 5.93. The van der Waals surface area contributed by atoms with Crippen LogP contribution in [0.4, 0.5) is 24.8 Å². The van der Waals surface area contributed by atoms with Gasteiger partial charge in [-0.15, -0.1) is 0 Å². The molecule has 0 unspecified atom stereocenters. The van der Waals surface area contributed by atoms with Crippen LogP contribution < -0.4 is 9.80 Å². The Kier molecular flexibility index (Phi) is 5.12. The molecule has 3 heterocycles. The molecule has 1 fully saturated rings. The van der Waals surface area contributed by atoms with E-state index in [-0.39, 0.29) is 0 Å². The fraction of sp³-hybridized carbons (Fsp3) is 0.438. The molecule has 2 aromatic rings. The summed E-state index contributed by atoms with van der Waals surface area (Å²) in [5.74, 6) is 0.665. The van der Waals surface area contributed by atoms with Gasteiger partial charge in [0.05, 0.1) is 16.4 Å². The van der Waals surface area contributed by atoms with E-state index >= 15 is 0 Å². The van der Waals surface area contributed by atoms with Crippen molar-refractivity contribution < 1.29 is 13.2 Å². The SMILES string of the molecule is CN(c1ncc(Br)cn1)C1CCN(c2ccc(C(F)(F)F)nc2)CC1. The van der Waals surface area contributed by atoms with E-state index in [0.717, 1.165) is 36.5 Å². The Bertz CT molecular complexity index is 697. The lowest BCUT2D eigenvalue weighted by Crippen LogP contribution is -2.44. The molecule has 5 nitrogen and oxygen atoms in total. The lowest BCUT2D eigenvalue weighted by molar-refractivity contribution is -0.141. The summed E-state index contributed by atoms with van der Waals surface area (Å²) < 4.78 is 38.6. The lowest BCUT2D eigenvalue weighted by atomic mass is 10.0. The highest BCUT2D eigenvalue weighted by Gasteiger charge is 2.32. The summed E-state index contributed by atoms with van der Waals surface area (Å²) in [7, 11) is 1.96. The second kappa shape index (κ2) is 7.15. The van der Waals surface area contributed by atoms with Crippen LogP contribution in [0.15, 0.2) is 35.2 Å². The molecule has 0 radical (unpaired) electrons. The van der Waals surface area contributed by atoms with Crippen molar-refractivity contribution in [2.75, 3.05) is 29.9 Å². The number of alkyl halides is 3. The summed E-state index contributed by atoms with van der Waals surface area (Å²) in [5.41, 5.74) is -0.146. The first-order chi connectivity index (χ1) is 11.8. The van der Waals surface area contributed by atoms with Gasteiger partial charge < -0.3 is 9.80 Å². The highest BCUT2D eigenvalue weighted by Crippen LogP contribution is 2.29. The zero-order chi connectivity index (χ0) is 18.0. The number of hydrogen-bond donors (Lipinski definition) is 0. The Morgan fingerprint density at radius 1 is 1.08 bits per heavy atom. The Morgan fingerprint density at radius 3 is 2.24 bits per heavy atom. The monoisotopic (exact) mass is 415 g/mol. The minimum atomic E-state index is -4.40. The number of nitrogens with zero attached hydrogens (tertiary/aromatic N) is 5. The van der Waals surface area contributed by atoms with Crippen molar-refractivity contribution in [1.82, 2.24) is 15.0 Å². The van der Waals surface area contributed by atoms with E-state index in [0.29, 0.717) is 17.7 Å². The fourth-order valence-corrected chi connectivity index (χ4v) is 3.11. The fourth-order valence-electron chi connectivity index (χ4n) is 2.90. The largest absolute Gasteiger partial charge is 0.433 e. The van der Waals surface area contributed by atoms with Crippen LogP contribution >= 0.6 is 15.9 Å². The van der Waals surface area contributed by atoms with Gasteiger partial charge in [-0.3, -0.25) is 0 Å². The standard InChI is InChI=1S/C16H17BrF3N5/c1-24(15-22-8-11(17)9-23-15)12-4-6-25(7-5-12)13-2-3-14(21-10-13)16(18,19)20/h2-3,8-10,12H,4-7H2,1H3. The van der Waals surface area contributed by atoms with Gasteiger partial charge >= 0.3 is 6.18 Å². The quantitative estimate of drug-likeness (QED) is 0.763. The van der Waals surface area contributed by atoms with Gasteiger partial charge in [-0.25, -0.2) is 15.0 Å². The molecule has 0 spiro atoms. The first-order valence-corrected chi connectivity index (χ1v) is 8.62. The molecule has 2 aromatic heterocycles. The van der Waals surface area contributed by atoms with Crippen LogP contribution in [0.1, 0.15) is 18.5 Å². The van der Waals surface area contributed by atoms with Crippen molar-refractivity contribution in [3.8, 4) is 0 Å². The molecule has 1 aliphatic rings. The first-order valence-electron chi connectivity index (χ1n) is 7.83. The van der Waals surface area contributed by atoms with Crippen molar-refractivity contribution in [2.24, 2.45) is 0 Å². The van der Waals surface area contributed by atoms with Crippen molar-refractivity contribution in [2.45, 2.75) is 25.1 Å². The number of anilines is 2. The van der Waals surface area contributed by atoms with Gasteiger partial charge in [-0.05, 0) is 40.9 Å². The summed E-state index contributed by atoms with van der Waals surface area (Å²) >= 11 is 3.32. The van der Waals surface area contributed by atoms with Crippen molar-refractivity contribution in [3.05, 3.63) is 40.9 Å². The third-order valence-corrected chi connectivity index (χ3v) is 4.75. The second-order valence-corrected chi connectivity index (χ2v) is 6.85. The Labute approximate surface area is 152 Å². The summed E-state index contributed by atoms with van der Waals surface area (Å²) in [6.45, 7) is 1.50. The molecule has 134 valence electrons. The summed E-state index contributed by atoms with van der Waals surface area (Å²) in [6, 6.07) is 2.81. The van der Waals surface area contributed by atoms with Crippen LogP contribution in [-0.2, 0) is 6.18 Å². The Hall–Kier alpha value is -1.90. The maximum absolute atomic E-state index is 12.6. The molecule has 0 aromatic carbocycles. The minimum absolute atomic E-state index is 0.292. The molecule has 0 amide bonds. The van der Waals surface area contributed by atoms with Crippen LogP contribution in [0.2, 0.25) is 0 Å². The van der Waals surface area contributed by atoms with E-state index in [4.69, 9.17) is 0 Å². The van der Waals surface area contributed by atoms with Crippen LogP contribution in [0.5, 0.6) is 0 Å². The smallest absolute Gasteiger partial charge is 0.370 e. The van der Waals surface area contributed by atoms with Gasteiger partial charge in [0.25, 0.3) is 0 Å². The van der Waals surface area contributed by atoms with Gasteiger partial charge in [0, 0.05) is 38.6 Å². The molecule has 0 aliphatic carbocycles. The number of hydrogen-bond acceptors (Lipinski definition) is 5. The maximum Gasteiger partial charge on any atom is 0.433 e. The van der Waals surface area contributed by atoms with Crippen LogP contribution in [0.25, 0.3) is 0 Å². The molecule has 9 heteroatoms. The van der Waals surface area contributed by atoms with Crippen molar-refractivity contribution in [1.29, 1.82) is 0 Å². The number of piperidine rings is 1. The summed E-state index contributed by atoms with van der Waals surface area (Å²) in [4.78, 5) is 16.2. The van der Waals surface area contributed by atoms with E-state index in [9.17, 15) is 13.2 Å². The Balaban J connectivity index is 1.60. The molecule has 0 saturated carbocycles. The van der Waals surface area contributed by atoms with Gasteiger partial charge in [-0.1, -0.05) is 0 Å². The third kappa shape index (κ3) is 4.20. The van der Waals surface area contributed by atoms with E-state index in [1.807, 2.05) is 7.05 Å². The number of pyridine rings is 1. The third-order valence-electron chi connectivity index (χ3n) is 4.34. The lowest BCUT2D eigenvalue weighted by Gasteiger charge is -2.37. The molecule has 25 heavy (non-hydrogen) atoms. The average Bonchev–Trinajstić information content (AvgIpc) is 2.61. The highest BCUT2D eigenvalue weighted by atomic mass is 79.9. The van der Waals surface area contributed by atoms with Crippen molar-refractivity contribution >= 4 is 27.6 Å². The van der Waals surface area contributed by atoms with E-state index in [2.05, 4.69) is 40.7 Å². The van der Waals surface area contributed by atoms with E-state index in [1.165, 1.54) is 12.3 Å². The van der Waals surface area contributed by atoms with Crippen LogP contribution in [-0.4, -0.2) is 41.1 Å². The van der Waals surface area contributed by atoms with E-state index < -0.39 is 11.9 Å². The van der Waals surface area contributed by atoms with Gasteiger partial charge in [0.15, 0.2) is 0 Å². The Morgan fingerprint density at radius 2 is 1.72 bits per heavy atom.